The van der Waals surface area contributed by atoms with Gasteiger partial charge in [-0.15, -0.1) is 0 Å². The van der Waals surface area contributed by atoms with Crippen LogP contribution >= 0.6 is 11.8 Å². The summed E-state index contributed by atoms with van der Waals surface area (Å²) in [6.07, 6.45) is 1.80. The normalized spacial score (nSPS) is 11.2. The van der Waals surface area contributed by atoms with Crippen LogP contribution in [0.15, 0.2) is 70.7 Å². The molecule has 102 valence electrons. The van der Waals surface area contributed by atoms with Crippen molar-refractivity contribution >= 4 is 39.3 Å². The average Bonchev–Trinajstić information content (AvgIpc) is 2.93. The Morgan fingerprint density at radius 3 is 2.81 bits per heavy atom. The molecule has 0 bridgehead atoms. The van der Waals surface area contributed by atoms with Crippen molar-refractivity contribution in [2.24, 2.45) is 0 Å². The lowest BCUT2D eigenvalue weighted by atomic mass is 10.2. The Balaban J connectivity index is 1.82. The van der Waals surface area contributed by atoms with Gasteiger partial charge in [-0.2, -0.15) is 0 Å². The Kier molecular flexibility index (Phi) is 2.82. The van der Waals surface area contributed by atoms with Crippen molar-refractivity contribution in [1.82, 2.24) is 9.97 Å². The van der Waals surface area contributed by atoms with Gasteiger partial charge >= 0.3 is 0 Å². The van der Waals surface area contributed by atoms with Crippen LogP contribution in [0.2, 0.25) is 0 Å². The maximum atomic E-state index is 6.02. The lowest BCUT2D eigenvalue weighted by molar-refractivity contribution is 1.23. The summed E-state index contributed by atoms with van der Waals surface area (Å²) in [7, 11) is 0. The summed E-state index contributed by atoms with van der Waals surface area (Å²) in [6, 6.07) is 18.3. The molecule has 2 heterocycles. The molecule has 0 aliphatic carbocycles. The Bertz CT molecular complexity index is 910. The maximum Gasteiger partial charge on any atom is 0.0862 e. The van der Waals surface area contributed by atoms with Gasteiger partial charge in [-0.05, 0) is 36.4 Å². The van der Waals surface area contributed by atoms with E-state index >= 15 is 0 Å². The fourth-order valence-electron chi connectivity index (χ4n) is 2.47. The third-order valence-corrected chi connectivity index (χ3v) is 4.48. The summed E-state index contributed by atoms with van der Waals surface area (Å²) in [5.41, 5.74) is 8.88. The molecule has 0 radical (unpaired) electrons. The summed E-state index contributed by atoms with van der Waals surface area (Å²) in [6.45, 7) is 0. The van der Waals surface area contributed by atoms with Crippen LogP contribution in [0.4, 0.5) is 5.69 Å². The second-order valence-electron chi connectivity index (χ2n) is 4.88. The molecule has 0 unspecified atom stereocenters. The molecule has 3 N–H and O–H groups in total. The highest BCUT2D eigenvalue weighted by Gasteiger charge is 2.08. The number of aromatic amines is 1. The second-order valence-corrected chi connectivity index (χ2v) is 5.96. The van der Waals surface area contributed by atoms with Crippen LogP contribution in [0.3, 0.4) is 0 Å². The standard InChI is InChI=1S/C17H13N3S/c18-13-7-8-15(17-12(13)5-3-9-19-17)21-16-10-11-4-1-2-6-14(11)20-16/h1-10,20H,18H2. The number of aromatic nitrogens is 2. The number of nitrogen functional groups attached to an aromatic ring is 1. The van der Waals surface area contributed by atoms with Crippen LogP contribution < -0.4 is 5.73 Å². The number of nitrogens with one attached hydrogen (secondary N) is 1. The Labute approximate surface area is 126 Å². The van der Waals surface area contributed by atoms with Crippen molar-refractivity contribution in [2.75, 3.05) is 5.73 Å². The molecule has 2 aromatic carbocycles. The number of hydrogen-bond donors (Lipinski definition) is 2. The average molecular weight is 291 g/mol. The number of nitrogens with two attached hydrogens (primary N) is 1. The predicted octanol–water partition coefficient (Wildman–Crippen LogP) is 4.45. The van der Waals surface area contributed by atoms with E-state index in [1.807, 2.05) is 36.4 Å². The Hall–Kier alpha value is -2.46. The fourth-order valence-corrected chi connectivity index (χ4v) is 3.45. The summed E-state index contributed by atoms with van der Waals surface area (Å²) in [5.74, 6) is 0. The monoisotopic (exact) mass is 291 g/mol. The van der Waals surface area contributed by atoms with Crippen LogP contribution in [0.1, 0.15) is 0 Å². The second kappa shape index (κ2) is 4.82. The zero-order chi connectivity index (χ0) is 14.2. The number of nitrogens with zero attached hydrogens (tertiary/aromatic N) is 1. The largest absolute Gasteiger partial charge is 0.398 e. The molecule has 4 rings (SSSR count). The molecule has 0 atom stereocenters. The number of fused-ring (bicyclic) bond motifs is 2. The minimum absolute atomic E-state index is 0.763. The van der Waals surface area contributed by atoms with E-state index in [9.17, 15) is 0 Å². The summed E-state index contributed by atoms with van der Waals surface area (Å²) in [5, 5.41) is 3.32. The van der Waals surface area contributed by atoms with Crippen LogP contribution in [-0.2, 0) is 0 Å². The minimum atomic E-state index is 0.763. The summed E-state index contributed by atoms with van der Waals surface area (Å²) >= 11 is 1.68. The number of anilines is 1. The van der Waals surface area contributed by atoms with Crippen molar-refractivity contribution in [3.63, 3.8) is 0 Å². The molecule has 2 aromatic heterocycles. The molecule has 0 amide bonds. The molecule has 0 aliphatic rings. The van der Waals surface area contributed by atoms with E-state index in [0.717, 1.165) is 32.0 Å². The predicted molar refractivity (Wildman–Crippen MR) is 88.6 cm³/mol. The first-order valence-electron chi connectivity index (χ1n) is 6.70. The number of rotatable bonds is 2. The zero-order valence-electron chi connectivity index (χ0n) is 11.2. The molecule has 0 fully saturated rings. The van der Waals surface area contributed by atoms with Crippen LogP contribution in [-0.4, -0.2) is 9.97 Å². The van der Waals surface area contributed by atoms with Gasteiger partial charge in [-0.3, -0.25) is 4.98 Å². The van der Waals surface area contributed by atoms with Crippen molar-refractivity contribution in [3.05, 3.63) is 60.8 Å². The van der Waals surface area contributed by atoms with Crippen LogP contribution in [0, 0.1) is 0 Å². The van der Waals surface area contributed by atoms with E-state index in [-0.39, 0.29) is 0 Å². The molecule has 0 aliphatic heterocycles. The number of para-hydroxylation sites is 1. The topological polar surface area (TPSA) is 54.7 Å². The van der Waals surface area contributed by atoms with Gasteiger partial charge in [-0.1, -0.05) is 30.0 Å². The third kappa shape index (κ3) is 2.14. The van der Waals surface area contributed by atoms with Crippen molar-refractivity contribution in [2.45, 2.75) is 9.92 Å². The molecule has 0 saturated carbocycles. The van der Waals surface area contributed by atoms with Gasteiger partial charge in [0.2, 0.25) is 0 Å². The molecule has 4 heteroatoms. The molecule has 21 heavy (non-hydrogen) atoms. The van der Waals surface area contributed by atoms with Crippen LogP contribution in [0.25, 0.3) is 21.8 Å². The number of hydrogen-bond acceptors (Lipinski definition) is 3. The molecular formula is C17H13N3S. The lowest BCUT2D eigenvalue weighted by Gasteiger charge is -2.06. The molecule has 0 spiro atoms. The van der Waals surface area contributed by atoms with E-state index in [1.54, 1.807) is 18.0 Å². The van der Waals surface area contributed by atoms with Crippen LogP contribution in [0.5, 0.6) is 0 Å². The number of H-pyrrole nitrogens is 1. The van der Waals surface area contributed by atoms with Crippen molar-refractivity contribution in [3.8, 4) is 0 Å². The summed E-state index contributed by atoms with van der Waals surface area (Å²) < 4.78 is 0. The van der Waals surface area contributed by atoms with Gasteiger partial charge in [0, 0.05) is 33.1 Å². The van der Waals surface area contributed by atoms with Crippen molar-refractivity contribution < 1.29 is 0 Å². The van der Waals surface area contributed by atoms with E-state index in [1.165, 1.54) is 5.39 Å². The highest BCUT2D eigenvalue weighted by Crippen LogP contribution is 2.35. The Morgan fingerprint density at radius 2 is 1.90 bits per heavy atom. The minimum Gasteiger partial charge on any atom is -0.398 e. The van der Waals surface area contributed by atoms with Gasteiger partial charge in [0.1, 0.15) is 0 Å². The highest BCUT2D eigenvalue weighted by atomic mass is 32.2. The quantitative estimate of drug-likeness (QED) is 0.536. The molecule has 4 aromatic rings. The van der Waals surface area contributed by atoms with Gasteiger partial charge in [0.15, 0.2) is 0 Å². The first-order chi connectivity index (χ1) is 10.3. The number of pyridine rings is 1. The van der Waals surface area contributed by atoms with Gasteiger partial charge in [0.05, 0.1) is 10.5 Å². The van der Waals surface area contributed by atoms with Crippen molar-refractivity contribution in [1.29, 1.82) is 0 Å². The van der Waals surface area contributed by atoms with E-state index < -0.39 is 0 Å². The number of benzene rings is 2. The van der Waals surface area contributed by atoms with E-state index in [2.05, 4.69) is 28.2 Å². The summed E-state index contributed by atoms with van der Waals surface area (Å²) in [4.78, 5) is 9.01. The fraction of sp³-hybridized carbons (Fsp3) is 0. The molecule has 0 saturated heterocycles. The first kappa shape index (κ1) is 12.3. The third-order valence-electron chi connectivity index (χ3n) is 3.49. The molecule has 3 nitrogen and oxygen atoms in total. The zero-order valence-corrected chi connectivity index (χ0v) is 12.0. The smallest absolute Gasteiger partial charge is 0.0862 e. The maximum absolute atomic E-state index is 6.02. The van der Waals surface area contributed by atoms with E-state index in [0.29, 0.717) is 0 Å². The van der Waals surface area contributed by atoms with E-state index in [4.69, 9.17) is 5.73 Å². The lowest BCUT2D eigenvalue weighted by Crippen LogP contribution is -1.90. The Morgan fingerprint density at radius 1 is 1.00 bits per heavy atom. The molecular weight excluding hydrogens is 278 g/mol. The van der Waals surface area contributed by atoms with Gasteiger partial charge in [0.25, 0.3) is 0 Å². The van der Waals surface area contributed by atoms with Gasteiger partial charge in [-0.25, -0.2) is 0 Å². The van der Waals surface area contributed by atoms with Gasteiger partial charge < -0.3 is 10.7 Å². The SMILES string of the molecule is Nc1ccc(Sc2cc3ccccc3[nH]2)c2ncccc12. The highest BCUT2D eigenvalue weighted by molar-refractivity contribution is 7.99. The first-order valence-corrected chi connectivity index (χ1v) is 7.52.